The van der Waals surface area contributed by atoms with Crippen LogP contribution in [0, 0.1) is 13.8 Å². The lowest BCUT2D eigenvalue weighted by atomic mass is 10.1. The van der Waals surface area contributed by atoms with E-state index >= 15 is 0 Å². The second-order valence-electron chi connectivity index (χ2n) is 4.72. The summed E-state index contributed by atoms with van der Waals surface area (Å²) in [7, 11) is 0. The molecule has 0 aliphatic rings. The van der Waals surface area contributed by atoms with E-state index in [4.69, 9.17) is 5.73 Å². The van der Waals surface area contributed by atoms with E-state index in [0.29, 0.717) is 6.42 Å². The molecule has 0 bridgehead atoms. The van der Waals surface area contributed by atoms with Crippen molar-refractivity contribution in [2.24, 2.45) is 5.73 Å². The van der Waals surface area contributed by atoms with E-state index in [2.05, 4.69) is 5.43 Å². The van der Waals surface area contributed by atoms with Gasteiger partial charge in [-0.1, -0.05) is 30.3 Å². The Morgan fingerprint density at radius 3 is 2.32 bits per heavy atom. The molecule has 3 N–H and O–H groups in total. The first-order chi connectivity index (χ1) is 9.08. The fraction of sp³-hybridized carbons (Fsp3) is 0.267. The summed E-state index contributed by atoms with van der Waals surface area (Å²) in [6.45, 7) is 3.88. The first-order valence-electron chi connectivity index (χ1n) is 6.33. The molecule has 0 spiro atoms. The minimum absolute atomic E-state index is 0.175. The van der Waals surface area contributed by atoms with Crippen LogP contribution in [0.3, 0.4) is 0 Å². The number of hydrogen-bond acceptors (Lipinski definition) is 2. The maximum atomic E-state index is 12.1. The number of nitrogens with one attached hydrogen (secondary N) is 1. The largest absolute Gasteiger partial charge is 0.320 e. The van der Waals surface area contributed by atoms with E-state index in [1.165, 1.54) is 0 Å². The van der Waals surface area contributed by atoms with Gasteiger partial charge in [0.25, 0.3) is 5.91 Å². The first-order valence-corrected chi connectivity index (χ1v) is 6.33. The lowest BCUT2D eigenvalue weighted by Gasteiger charge is -2.15. The zero-order valence-electron chi connectivity index (χ0n) is 11.3. The molecule has 0 radical (unpaired) electrons. The van der Waals surface area contributed by atoms with E-state index in [1.807, 2.05) is 56.3 Å². The van der Waals surface area contributed by atoms with Crippen molar-refractivity contribution in [3.05, 3.63) is 59.4 Å². The van der Waals surface area contributed by atoms with Gasteiger partial charge in [-0.05, 0) is 38.0 Å². The van der Waals surface area contributed by atoms with Gasteiger partial charge in [0.1, 0.15) is 0 Å². The van der Waals surface area contributed by atoms with Crippen molar-refractivity contribution in [3.8, 4) is 0 Å². The zero-order valence-corrected chi connectivity index (χ0v) is 11.3. The van der Waals surface area contributed by atoms with Crippen LogP contribution in [0.5, 0.6) is 0 Å². The van der Waals surface area contributed by atoms with Gasteiger partial charge in [-0.25, -0.2) is 0 Å². The minimum Gasteiger partial charge on any atom is -0.320 e. The SMILES string of the molecule is Cc1ccc(C)n1NC(=O)C(N)Cc1ccccc1. The standard InChI is InChI=1S/C15H19N3O/c1-11-8-9-12(2)18(11)17-15(19)14(16)10-13-6-4-3-5-7-13/h3-9,14H,10,16H2,1-2H3,(H,17,19). The predicted octanol–water partition coefficient (Wildman–Crippen LogP) is 1.75. The average molecular weight is 257 g/mol. The number of rotatable bonds is 4. The summed E-state index contributed by atoms with van der Waals surface area (Å²) >= 11 is 0. The van der Waals surface area contributed by atoms with Gasteiger partial charge in [0.15, 0.2) is 0 Å². The molecule has 0 fully saturated rings. The van der Waals surface area contributed by atoms with Crippen LogP contribution < -0.4 is 11.2 Å². The molecule has 0 aliphatic heterocycles. The van der Waals surface area contributed by atoms with Crippen LogP contribution in [0.2, 0.25) is 0 Å². The summed E-state index contributed by atoms with van der Waals surface area (Å²) in [6, 6.07) is 13.1. The first kappa shape index (κ1) is 13.4. The number of nitrogens with two attached hydrogens (primary N) is 1. The van der Waals surface area contributed by atoms with Gasteiger partial charge in [0.05, 0.1) is 6.04 Å². The highest BCUT2D eigenvalue weighted by Crippen LogP contribution is 2.06. The monoisotopic (exact) mass is 257 g/mol. The molecule has 1 unspecified atom stereocenters. The third kappa shape index (κ3) is 3.23. The fourth-order valence-corrected chi connectivity index (χ4v) is 2.00. The summed E-state index contributed by atoms with van der Waals surface area (Å²) in [6.07, 6.45) is 0.534. The number of amides is 1. The molecule has 1 amide bonds. The third-order valence-corrected chi connectivity index (χ3v) is 3.13. The van der Waals surface area contributed by atoms with E-state index < -0.39 is 6.04 Å². The highest BCUT2D eigenvalue weighted by molar-refractivity contribution is 5.89. The molecule has 1 atom stereocenters. The normalized spacial score (nSPS) is 12.2. The zero-order chi connectivity index (χ0) is 13.8. The van der Waals surface area contributed by atoms with Crippen molar-refractivity contribution in [2.45, 2.75) is 26.3 Å². The number of carbonyl (C=O) groups is 1. The van der Waals surface area contributed by atoms with Gasteiger partial charge in [-0.2, -0.15) is 0 Å². The molecule has 4 nitrogen and oxygen atoms in total. The van der Waals surface area contributed by atoms with E-state index in [-0.39, 0.29) is 5.91 Å². The molecular formula is C15H19N3O. The van der Waals surface area contributed by atoms with Gasteiger partial charge in [0, 0.05) is 11.4 Å². The molecule has 0 saturated carbocycles. The molecular weight excluding hydrogens is 238 g/mol. The van der Waals surface area contributed by atoms with Crippen molar-refractivity contribution in [1.82, 2.24) is 4.68 Å². The molecule has 0 saturated heterocycles. The molecule has 2 aromatic rings. The Morgan fingerprint density at radius 1 is 1.16 bits per heavy atom. The highest BCUT2D eigenvalue weighted by atomic mass is 16.2. The van der Waals surface area contributed by atoms with Gasteiger partial charge in [0.2, 0.25) is 0 Å². The smallest absolute Gasteiger partial charge is 0.256 e. The lowest BCUT2D eigenvalue weighted by Crippen LogP contribution is -2.41. The second-order valence-corrected chi connectivity index (χ2v) is 4.72. The van der Waals surface area contributed by atoms with E-state index in [9.17, 15) is 4.79 Å². The number of aryl methyl sites for hydroxylation is 2. The Hall–Kier alpha value is -2.07. The highest BCUT2D eigenvalue weighted by Gasteiger charge is 2.15. The number of benzene rings is 1. The van der Waals surface area contributed by atoms with Crippen LogP contribution in [0.25, 0.3) is 0 Å². The average Bonchev–Trinajstić information content (AvgIpc) is 2.71. The van der Waals surface area contributed by atoms with Crippen molar-refractivity contribution in [1.29, 1.82) is 0 Å². The Morgan fingerprint density at radius 2 is 1.74 bits per heavy atom. The second kappa shape index (κ2) is 5.71. The van der Waals surface area contributed by atoms with Crippen LogP contribution in [-0.2, 0) is 11.2 Å². The van der Waals surface area contributed by atoms with Crippen molar-refractivity contribution >= 4 is 5.91 Å². The third-order valence-electron chi connectivity index (χ3n) is 3.13. The predicted molar refractivity (Wildman–Crippen MR) is 76.4 cm³/mol. The molecule has 19 heavy (non-hydrogen) atoms. The Bertz CT molecular complexity index is 541. The van der Waals surface area contributed by atoms with Crippen LogP contribution >= 0.6 is 0 Å². The fourth-order valence-electron chi connectivity index (χ4n) is 2.00. The Balaban J connectivity index is 2.00. The van der Waals surface area contributed by atoms with Crippen molar-refractivity contribution < 1.29 is 4.79 Å². The lowest BCUT2D eigenvalue weighted by molar-refractivity contribution is -0.118. The Labute approximate surface area is 113 Å². The number of nitrogens with zero attached hydrogens (tertiary/aromatic N) is 1. The van der Waals surface area contributed by atoms with Gasteiger partial charge in [-0.3, -0.25) is 14.9 Å². The number of carbonyl (C=O) groups excluding carboxylic acids is 1. The maximum absolute atomic E-state index is 12.1. The van der Waals surface area contributed by atoms with Crippen molar-refractivity contribution in [2.75, 3.05) is 5.43 Å². The summed E-state index contributed by atoms with van der Waals surface area (Å²) < 4.78 is 1.76. The summed E-state index contributed by atoms with van der Waals surface area (Å²) in [5, 5.41) is 0. The van der Waals surface area contributed by atoms with Crippen LogP contribution in [0.15, 0.2) is 42.5 Å². The van der Waals surface area contributed by atoms with Gasteiger partial charge >= 0.3 is 0 Å². The quantitative estimate of drug-likeness (QED) is 0.876. The summed E-state index contributed by atoms with van der Waals surface area (Å²) in [4.78, 5) is 12.1. The van der Waals surface area contributed by atoms with Gasteiger partial charge in [-0.15, -0.1) is 0 Å². The van der Waals surface area contributed by atoms with Crippen molar-refractivity contribution in [3.63, 3.8) is 0 Å². The Kier molecular flexibility index (Phi) is 4.02. The number of hydrogen-bond donors (Lipinski definition) is 2. The van der Waals surface area contributed by atoms with Crippen LogP contribution in [-0.4, -0.2) is 16.6 Å². The molecule has 0 aliphatic carbocycles. The summed E-state index contributed by atoms with van der Waals surface area (Å²) in [5.41, 5.74) is 11.8. The van der Waals surface area contributed by atoms with Crippen LogP contribution in [0.4, 0.5) is 0 Å². The molecule has 2 rings (SSSR count). The maximum Gasteiger partial charge on any atom is 0.256 e. The molecule has 1 aromatic carbocycles. The molecule has 1 aromatic heterocycles. The van der Waals surface area contributed by atoms with Crippen LogP contribution in [0.1, 0.15) is 17.0 Å². The minimum atomic E-state index is -0.552. The molecule has 100 valence electrons. The number of aromatic nitrogens is 1. The topological polar surface area (TPSA) is 60.0 Å². The molecule has 1 heterocycles. The van der Waals surface area contributed by atoms with Gasteiger partial charge < -0.3 is 5.73 Å². The summed E-state index contributed by atoms with van der Waals surface area (Å²) in [5.74, 6) is -0.175. The van der Waals surface area contributed by atoms with E-state index in [0.717, 1.165) is 17.0 Å². The van der Waals surface area contributed by atoms with E-state index in [1.54, 1.807) is 4.68 Å². The molecule has 4 heteroatoms.